The summed E-state index contributed by atoms with van der Waals surface area (Å²) >= 11 is 0. The van der Waals surface area contributed by atoms with Gasteiger partial charge in [0.05, 0.1) is 5.56 Å². The summed E-state index contributed by atoms with van der Waals surface area (Å²) in [5, 5.41) is 5.80. The van der Waals surface area contributed by atoms with Crippen LogP contribution in [-0.4, -0.2) is 48.8 Å². The minimum Gasteiger partial charge on any atom is -0.367 e. The molecule has 194 valence electrons. The number of amides is 3. The average molecular weight is 497 g/mol. The van der Waals surface area contributed by atoms with Gasteiger partial charge in [-0.05, 0) is 47.7 Å². The fourth-order valence-electron chi connectivity index (χ4n) is 4.21. The number of hydrogen-bond acceptors (Lipinski definition) is 4. The van der Waals surface area contributed by atoms with Gasteiger partial charge in [0.25, 0.3) is 5.91 Å². The normalized spacial score (nSPS) is 13.8. The molecule has 0 radical (unpaired) electrons. The third-order valence-corrected chi connectivity index (χ3v) is 6.04. The highest BCUT2D eigenvalue weighted by atomic mass is 19.1. The van der Waals surface area contributed by atoms with E-state index in [1.165, 1.54) is 12.1 Å². The maximum atomic E-state index is 13.3. The van der Waals surface area contributed by atoms with Crippen molar-refractivity contribution in [3.8, 4) is 0 Å². The lowest BCUT2D eigenvalue weighted by Gasteiger charge is -2.37. The molecule has 36 heavy (non-hydrogen) atoms. The van der Waals surface area contributed by atoms with Crippen LogP contribution in [0.4, 0.5) is 15.8 Å². The molecule has 0 spiro atoms. The highest BCUT2D eigenvalue weighted by Gasteiger charge is 2.25. The van der Waals surface area contributed by atoms with Gasteiger partial charge in [-0.3, -0.25) is 14.4 Å². The molecule has 1 heterocycles. The lowest BCUT2D eigenvalue weighted by Crippen LogP contribution is -2.49. The number of hydrogen-bond donors (Lipinski definition) is 2. The molecule has 0 saturated carbocycles. The Morgan fingerprint density at radius 1 is 0.889 bits per heavy atom. The molecule has 3 amide bonds. The molecule has 1 aliphatic heterocycles. The Morgan fingerprint density at radius 2 is 1.53 bits per heavy atom. The van der Waals surface area contributed by atoms with Crippen LogP contribution >= 0.6 is 0 Å². The second kappa shape index (κ2) is 12.5. The number of rotatable bonds is 9. The fraction of sp³-hybridized carbons (Fsp3) is 0.464. The van der Waals surface area contributed by atoms with E-state index in [0.29, 0.717) is 56.2 Å². The topological polar surface area (TPSA) is 81.8 Å². The average Bonchev–Trinajstić information content (AvgIpc) is 2.82. The molecule has 1 saturated heterocycles. The summed E-state index contributed by atoms with van der Waals surface area (Å²) in [6.07, 6.45) is 0.919. The fourth-order valence-corrected chi connectivity index (χ4v) is 4.21. The van der Waals surface area contributed by atoms with E-state index in [4.69, 9.17) is 0 Å². The second-order valence-electron chi connectivity index (χ2n) is 10.2. The summed E-state index contributed by atoms with van der Waals surface area (Å²) in [5.41, 5.74) is 2.54. The Balaban J connectivity index is 1.77. The van der Waals surface area contributed by atoms with Gasteiger partial charge in [-0.15, -0.1) is 0 Å². The first kappa shape index (κ1) is 27.2. The molecule has 0 bridgehead atoms. The number of benzene rings is 2. The molecule has 0 atom stereocenters. The van der Waals surface area contributed by atoms with E-state index in [-0.39, 0.29) is 36.0 Å². The number of nitrogens with zero attached hydrogens (tertiary/aromatic N) is 2. The first-order chi connectivity index (χ1) is 17.1. The zero-order chi connectivity index (χ0) is 26.2. The molecule has 0 aromatic heterocycles. The van der Waals surface area contributed by atoms with Crippen molar-refractivity contribution in [2.24, 2.45) is 11.8 Å². The lowest BCUT2D eigenvalue weighted by molar-refractivity contribution is -0.132. The minimum absolute atomic E-state index is 0.104. The molecule has 3 rings (SSSR count). The number of carbonyl (C=O) groups excluding carboxylic acids is 3. The zero-order valence-corrected chi connectivity index (χ0v) is 21.6. The predicted molar refractivity (Wildman–Crippen MR) is 140 cm³/mol. The van der Waals surface area contributed by atoms with Gasteiger partial charge in [-0.1, -0.05) is 39.8 Å². The van der Waals surface area contributed by atoms with Crippen molar-refractivity contribution in [1.82, 2.24) is 10.2 Å². The summed E-state index contributed by atoms with van der Waals surface area (Å²) < 4.78 is 13.2. The van der Waals surface area contributed by atoms with Crippen LogP contribution in [0, 0.1) is 17.7 Å². The summed E-state index contributed by atoms with van der Waals surface area (Å²) in [4.78, 5) is 42.0. The number of anilines is 2. The third kappa shape index (κ3) is 7.80. The van der Waals surface area contributed by atoms with Crippen molar-refractivity contribution >= 4 is 29.1 Å². The van der Waals surface area contributed by atoms with Gasteiger partial charge < -0.3 is 20.4 Å². The van der Waals surface area contributed by atoms with Crippen molar-refractivity contribution in [3.63, 3.8) is 0 Å². The zero-order valence-electron chi connectivity index (χ0n) is 21.6. The number of carbonyl (C=O) groups is 3. The Kier molecular flexibility index (Phi) is 9.44. The van der Waals surface area contributed by atoms with Crippen LogP contribution in [-0.2, 0) is 16.1 Å². The van der Waals surface area contributed by atoms with Crippen molar-refractivity contribution in [1.29, 1.82) is 0 Å². The van der Waals surface area contributed by atoms with Crippen molar-refractivity contribution in [2.75, 3.05) is 36.4 Å². The molecule has 2 aromatic rings. The Bertz CT molecular complexity index is 1060. The largest absolute Gasteiger partial charge is 0.367 e. The standard InChI is InChI=1S/C28H37FN4O3/c1-19(2)15-26(34)31-23-9-10-25(32-11-13-33(14-12-32)27(35)16-20(3)4)24(17-23)28(36)30-18-21-5-7-22(29)8-6-21/h5-10,17,19-20H,11-16,18H2,1-4H3,(H,30,36)(H,31,34). The van der Waals surface area contributed by atoms with Crippen LogP contribution in [0.2, 0.25) is 0 Å². The van der Waals surface area contributed by atoms with E-state index >= 15 is 0 Å². The first-order valence-electron chi connectivity index (χ1n) is 12.6. The van der Waals surface area contributed by atoms with E-state index < -0.39 is 0 Å². The van der Waals surface area contributed by atoms with Gasteiger partial charge in [0, 0.05) is 56.9 Å². The number of halogens is 1. The van der Waals surface area contributed by atoms with Gasteiger partial charge in [-0.25, -0.2) is 4.39 Å². The summed E-state index contributed by atoms with van der Waals surface area (Å²) in [7, 11) is 0. The van der Waals surface area contributed by atoms with Crippen LogP contribution in [0.3, 0.4) is 0 Å². The van der Waals surface area contributed by atoms with Gasteiger partial charge in [0.2, 0.25) is 11.8 Å². The Hall–Kier alpha value is -3.42. The Labute approximate surface area is 213 Å². The lowest BCUT2D eigenvalue weighted by atomic mass is 10.1. The van der Waals surface area contributed by atoms with Gasteiger partial charge in [-0.2, -0.15) is 0 Å². The summed E-state index contributed by atoms with van der Waals surface area (Å²) in [6, 6.07) is 11.3. The molecule has 0 aliphatic carbocycles. The molecule has 2 N–H and O–H groups in total. The van der Waals surface area contributed by atoms with Crippen LogP contribution in [0.15, 0.2) is 42.5 Å². The molecule has 1 fully saturated rings. The van der Waals surface area contributed by atoms with E-state index in [1.54, 1.807) is 24.3 Å². The molecule has 2 aromatic carbocycles. The van der Waals surface area contributed by atoms with Crippen LogP contribution in [0.1, 0.15) is 56.5 Å². The third-order valence-electron chi connectivity index (χ3n) is 6.04. The van der Waals surface area contributed by atoms with E-state index in [1.807, 2.05) is 38.7 Å². The molecule has 8 heteroatoms. The second-order valence-corrected chi connectivity index (χ2v) is 10.2. The first-order valence-corrected chi connectivity index (χ1v) is 12.6. The Morgan fingerprint density at radius 3 is 2.14 bits per heavy atom. The summed E-state index contributed by atoms with van der Waals surface area (Å²) in [5.74, 6) is -0.0310. The van der Waals surface area contributed by atoms with Crippen LogP contribution in [0.5, 0.6) is 0 Å². The van der Waals surface area contributed by atoms with Crippen molar-refractivity contribution in [2.45, 2.75) is 47.1 Å². The molecule has 7 nitrogen and oxygen atoms in total. The number of nitrogens with one attached hydrogen (secondary N) is 2. The maximum absolute atomic E-state index is 13.3. The van der Waals surface area contributed by atoms with E-state index in [0.717, 1.165) is 11.3 Å². The van der Waals surface area contributed by atoms with Gasteiger partial charge in [0.1, 0.15) is 5.82 Å². The monoisotopic (exact) mass is 496 g/mol. The quantitative estimate of drug-likeness (QED) is 0.538. The highest BCUT2D eigenvalue weighted by Crippen LogP contribution is 2.26. The minimum atomic E-state index is -0.330. The molecule has 0 unspecified atom stereocenters. The van der Waals surface area contributed by atoms with E-state index in [9.17, 15) is 18.8 Å². The molecule has 1 aliphatic rings. The van der Waals surface area contributed by atoms with E-state index in [2.05, 4.69) is 15.5 Å². The molecular formula is C28H37FN4O3. The highest BCUT2D eigenvalue weighted by molar-refractivity contribution is 6.02. The van der Waals surface area contributed by atoms with Gasteiger partial charge in [0.15, 0.2) is 0 Å². The predicted octanol–water partition coefficient (Wildman–Crippen LogP) is 4.44. The van der Waals surface area contributed by atoms with Crippen LogP contribution < -0.4 is 15.5 Å². The number of piperazine rings is 1. The van der Waals surface area contributed by atoms with Crippen LogP contribution in [0.25, 0.3) is 0 Å². The summed E-state index contributed by atoms with van der Waals surface area (Å²) in [6.45, 7) is 10.7. The maximum Gasteiger partial charge on any atom is 0.253 e. The smallest absolute Gasteiger partial charge is 0.253 e. The van der Waals surface area contributed by atoms with Crippen molar-refractivity contribution < 1.29 is 18.8 Å². The van der Waals surface area contributed by atoms with Gasteiger partial charge >= 0.3 is 0 Å². The molecular weight excluding hydrogens is 459 g/mol. The SMILES string of the molecule is CC(C)CC(=O)Nc1ccc(N2CCN(C(=O)CC(C)C)CC2)c(C(=O)NCc2ccc(F)cc2)c1. The van der Waals surface area contributed by atoms with Crippen molar-refractivity contribution in [3.05, 3.63) is 59.4 Å².